The Morgan fingerprint density at radius 2 is 2.08 bits per heavy atom. The van der Waals surface area contributed by atoms with Crippen LogP contribution in [0.5, 0.6) is 0 Å². The van der Waals surface area contributed by atoms with Crippen LogP contribution in [0.4, 0.5) is 0 Å². The van der Waals surface area contributed by atoms with Gasteiger partial charge in [0.05, 0.1) is 13.2 Å². The lowest BCUT2D eigenvalue weighted by Crippen LogP contribution is -2.43. The number of nitrogens with one attached hydrogen (secondary N) is 2. The van der Waals surface area contributed by atoms with Crippen LogP contribution < -0.4 is 10.6 Å². The van der Waals surface area contributed by atoms with E-state index >= 15 is 0 Å². The van der Waals surface area contributed by atoms with Crippen molar-refractivity contribution in [2.24, 2.45) is 4.99 Å². The maximum Gasteiger partial charge on any atom is 0.191 e. The van der Waals surface area contributed by atoms with Crippen molar-refractivity contribution in [2.75, 3.05) is 46.4 Å². The minimum Gasteiger partial charge on any atom is -0.379 e. The Balaban J connectivity index is 0.00000312. The first-order valence-corrected chi connectivity index (χ1v) is 9.81. The van der Waals surface area contributed by atoms with E-state index in [2.05, 4.69) is 46.5 Å². The zero-order chi connectivity index (χ0) is 17.2. The van der Waals surface area contributed by atoms with E-state index < -0.39 is 0 Å². The third kappa shape index (κ3) is 9.21. The number of hydrogen-bond donors (Lipinski definition) is 2. The Morgan fingerprint density at radius 1 is 1.32 bits per heavy atom. The van der Waals surface area contributed by atoms with Gasteiger partial charge >= 0.3 is 0 Å². The average Bonchev–Trinajstić information content (AvgIpc) is 2.99. The molecule has 2 heterocycles. The topological polar surface area (TPSA) is 48.9 Å². The fraction of sp³-hybridized carbons (Fsp3) is 0.722. The first kappa shape index (κ1) is 22.7. The maximum absolute atomic E-state index is 5.38. The molecule has 0 bridgehead atoms. The number of thiophene rings is 1. The normalized spacial score (nSPS) is 17.0. The highest BCUT2D eigenvalue weighted by Gasteiger charge is 2.10. The third-order valence-corrected chi connectivity index (χ3v) is 5.23. The van der Waals surface area contributed by atoms with Gasteiger partial charge in [0.15, 0.2) is 5.96 Å². The molecule has 1 saturated heterocycles. The molecule has 0 aliphatic carbocycles. The lowest BCUT2D eigenvalue weighted by Gasteiger charge is -2.26. The van der Waals surface area contributed by atoms with Gasteiger partial charge in [-0.25, -0.2) is 0 Å². The second-order valence-electron chi connectivity index (χ2n) is 6.42. The van der Waals surface area contributed by atoms with Crippen molar-refractivity contribution < 1.29 is 4.74 Å². The SMILES string of the molecule is CN=C(NCCCCN1CCOCC1)NC(C)Cc1ccc(C)s1.I. The minimum absolute atomic E-state index is 0. The van der Waals surface area contributed by atoms with Crippen molar-refractivity contribution in [2.45, 2.75) is 39.2 Å². The number of unbranched alkanes of at least 4 members (excludes halogenated alkanes) is 1. The number of nitrogens with zero attached hydrogens (tertiary/aromatic N) is 2. The van der Waals surface area contributed by atoms with Crippen LogP contribution in [0.15, 0.2) is 17.1 Å². The van der Waals surface area contributed by atoms with Crippen molar-refractivity contribution in [3.8, 4) is 0 Å². The first-order chi connectivity index (χ1) is 11.7. The van der Waals surface area contributed by atoms with Crippen LogP contribution in [-0.2, 0) is 11.2 Å². The number of halogens is 1. The van der Waals surface area contributed by atoms with Crippen LogP contribution in [0.1, 0.15) is 29.5 Å². The molecule has 7 heteroatoms. The van der Waals surface area contributed by atoms with Gasteiger partial charge in [-0.2, -0.15) is 0 Å². The summed E-state index contributed by atoms with van der Waals surface area (Å²) < 4.78 is 5.38. The summed E-state index contributed by atoms with van der Waals surface area (Å²) in [4.78, 5) is 9.62. The van der Waals surface area contributed by atoms with Crippen molar-refractivity contribution in [3.63, 3.8) is 0 Å². The van der Waals surface area contributed by atoms with Gasteiger partial charge < -0.3 is 15.4 Å². The van der Waals surface area contributed by atoms with Gasteiger partial charge in [0.25, 0.3) is 0 Å². The number of hydrogen-bond acceptors (Lipinski definition) is 4. The number of guanidine groups is 1. The van der Waals surface area contributed by atoms with E-state index in [4.69, 9.17) is 4.74 Å². The highest BCUT2D eigenvalue weighted by atomic mass is 127. The Kier molecular flexibility index (Phi) is 11.7. The van der Waals surface area contributed by atoms with E-state index in [1.807, 2.05) is 18.4 Å². The Bertz CT molecular complexity index is 503. The lowest BCUT2D eigenvalue weighted by molar-refractivity contribution is 0.0372. The monoisotopic (exact) mass is 480 g/mol. The Labute approximate surface area is 173 Å². The molecule has 0 aromatic carbocycles. The van der Waals surface area contributed by atoms with Gasteiger partial charge in [-0.1, -0.05) is 0 Å². The van der Waals surface area contributed by atoms with Gasteiger partial charge in [-0.3, -0.25) is 9.89 Å². The van der Waals surface area contributed by atoms with Gasteiger partial charge in [0.1, 0.15) is 0 Å². The third-order valence-electron chi connectivity index (χ3n) is 4.21. The lowest BCUT2D eigenvalue weighted by atomic mass is 10.2. The molecule has 1 aliphatic heterocycles. The van der Waals surface area contributed by atoms with E-state index in [0.717, 1.165) is 51.6 Å². The van der Waals surface area contributed by atoms with E-state index in [-0.39, 0.29) is 24.0 Å². The number of aryl methyl sites for hydroxylation is 1. The number of aliphatic imine (C=N–C) groups is 1. The van der Waals surface area contributed by atoms with Gasteiger partial charge in [0.2, 0.25) is 0 Å². The number of rotatable bonds is 8. The van der Waals surface area contributed by atoms with Crippen molar-refractivity contribution in [1.82, 2.24) is 15.5 Å². The molecule has 2 rings (SSSR count). The molecule has 0 radical (unpaired) electrons. The van der Waals surface area contributed by atoms with Crippen molar-refractivity contribution in [1.29, 1.82) is 0 Å². The predicted molar refractivity (Wildman–Crippen MR) is 119 cm³/mol. The molecular formula is C18H33IN4OS. The minimum atomic E-state index is 0. The smallest absolute Gasteiger partial charge is 0.191 e. The molecule has 1 unspecified atom stereocenters. The molecule has 144 valence electrons. The number of ether oxygens (including phenoxy) is 1. The van der Waals surface area contributed by atoms with Gasteiger partial charge in [-0.15, -0.1) is 35.3 Å². The maximum atomic E-state index is 5.38. The van der Waals surface area contributed by atoms with E-state index in [1.54, 1.807) is 0 Å². The molecule has 1 aromatic heterocycles. The van der Waals surface area contributed by atoms with Crippen LogP contribution in [0.3, 0.4) is 0 Å². The summed E-state index contributed by atoms with van der Waals surface area (Å²) in [5.74, 6) is 0.905. The summed E-state index contributed by atoms with van der Waals surface area (Å²) in [6.07, 6.45) is 3.42. The molecule has 25 heavy (non-hydrogen) atoms. The fourth-order valence-electron chi connectivity index (χ4n) is 2.87. The van der Waals surface area contributed by atoms with Crippen molar-refractivity contribution >= 4 is 41.3 Å². The molecule has 2 N–H and O–H groups in total. The summed E-state index contributed by atoms with van der Waals surface area (Å²) in [6.45, 7) is 10.4. The first-order valence-electron chi connectivity index (χ1n) is 9.00. The molecule has 5 nitrogen and oxygen atoms in total. The molecule has 1 fully saturated rings. The van der Waals surface area contributed by atoms with Crippen molar-refractivity contribution in [3.05, 3.63) is 21.9 Å². The highest BCUT2D eigenvalue weighted by molar-refractivity contribution is 14.0. The molecule has 1 aliphatic rings. The fourth-order valence-corrected chi connectivity index (χ4v) is 3.89. The molecule has 0 saturated carbocycles. The van der Waals surface area contributed by atoms with Crippen LogP contribution >= 0.6 is 35.3 Å². The summed E-state index contributed by atoms with van der Waals surface area (Å²) >= 11 is 1.87. The Hall–Kier alpha value is -0.380. The second kappa shape index (κ2) is 12.9. The summed E-state index contributed by atoms with van der Waals surface area (Å²) in [6, 6.07) is 4.79. The van der Waals surface area contributed by atoms with E-state index in [0.29, 0.717) is 6.04 Å². The largest absolute Gasteiger partial charge is 0.379 e. The predicted octanol–water partition coefficient (Wildman–Crippen LogP) is 2.88. The number of morpholine rings is 1. The average molecular weight is 480 g/mol. The quantitative estimate of drug-likeness (QED) is 0.260. The molecule has 0 amide bonds. The van der Waals surface area contributed by atoms with Crippen LogP contribution in [0.2, 0.25) is 0 Å². The van der Waals surface area contributed by atoms with Crippen LogP contribution in [-0.4, -0.2) is 63.3 Å². The van der Waals surface area contributed by atoms with E-state index in [1.165, 1.54) is 22.7 Å². The van der Waals surface area contributed by atoms with Crippen LogP contribution in [0.25, 0.3) is 0 Å². The highest BCUT2D eigenvalue weighted by Crippen LogP contribution is 2.16. The van der Waals surface area contributed by atoms with Gasteiger partial charge in [0, 0.05) is 48.9 Å². The van der Waals surface area contributed by atoms with Crippen LogP contribution in [0, 0.1) is 6.92 Å². The molecule has 1 atom stereocenters. The second-order valence-corrected chi connectivity index (χ2v) is 7.79. The Morgan fingerprint density at radius 3 is 2.72 bits per heavy atom. The molecule has 0 spiro atoms. The van der Waals surface area contributed by atoms with E-state index in [9.17, 15) is 0 Å². The summed E-state index contributed by atoms with van der Waals surface area (Å²) in [7, 11) is 1.84. The summed E-state index contributed by atoms with van der Waals surface area (Å²) in [5.41, 5.74) is 0. The zero-order valence-electron chi connectivity index (χ0n) is 15.7. The standard InChI is InChI=1S/C18H32N4OS.HI/c1-15(14-17-7-6-16(2)24-17)21-18(19-3)20-8-4-5-9-22-10-12-23-13-11-22;/h6-7,15H,4-5,8-14H2,1-3H3,(H2,19,20,21);1H. The zero-order valence-corrected chi connectivity index (χ0v) is 18.9. The summed E-state index contributed by atoms with van der Waals surface area (Å²) in [5, 5.41) is 6.91. The molecule has 1 aromatic rings. The van der Waals surface area contributed by atoms with Gasteiger partial charge in [-0.05, 0) is 45.4 Å². The molecular weight excluding hydrogens is 447 g/mol.